The lowest BCUT2D eigenvalue weighted by Gasteiger charge is -2.36. The Labute approximate surface area is 147 Å². The average Bonchev–Trinajstić information content (AvgIpc) is 3.27. The van der Waals surface area contributed by atoms with Gasteiger partial charge in [-0.05, 0) is 56.2 Å². The standard InChI is InChI=1S/C20H24N4O/c1-15-21-10-13-23(15)12-8-18-4-2-3-11-24(18)20(25)17-6-5-16-7-9-22-19(16)14-17/h5-7,9-10,13-14,18,22H,2-4,8,11-12H2,1H3/t18-/m0/s1. The van der Waals surface area contributed by atoms with Crippen molar-refractivity contribution in [3.63, 3.8) is 0 Å². The molecule has 0 aliphatic carbocycles. The van der Waals surface area contributed by atoms with Gasteiger partial charge in [0.25, 0.3) is 5.91 Å². The van der Waals surface area contributed by atoms with Crippen LogP contribution in [0.5, 0.6) is 0 Å². The van der Waals surface area contributed by atoms with Crippen LogP contribution in [0.3, 0.4) is 0 Å². The van der Waals surface area contributed by atoms with Crippen LogP contribution in [0.2, 0.25) is 0 Å². The molecule has 1 aliphatic heterocycles. The van der Waals surface area contributed by atoms with Crippen molar-refractivity contribution in [2.45, 2.75) is 45.2 Å². The predicted molar refractivity (Wildman–Crippen MR) is 98.6 cm³/mol. The number of amides is 1. The van der Waals surface area contributed by atoms with Crippen molar-refractivity contribution in [2.75, 3.05) is 6.54 Å². The van der Waals surface area contributed by atoms with E-state index in [0.29, 0.717) is 6.04 Å². The molecule has 3 aromatic rings. The number of rotatable bonds is 4. The topological polar surface area (TPSA) is 53.9 Å². The van der Waals surface area contributed by atoms with Crippen LogP contribution in [0, 0.1) is 6.92 Å². The molecule has 1 amide bonds. The molecule has 2 aromatic heterocycles. The van der Waals surface area contributed by atoms with Crippen molar-refractivity contribution in [2.24, 2.45) is 0 Å². The highest BCUT2D eigenvalue weighted by Crippen LogP contribution is 2.24. The first-order valence-corrected chi connectivity index (χ1v) is 9.08. The summed E-state index contributed by atoms with van der Waals surface area (Å²) in [7, 11) is 0. The number of carbonyl (C=O) groups excluding carboxylic acids is 1. The summed E-state index contributed by atoms with van der Waals surface area (Å²) in [4.78, 5) is 22.7. The van der Waals surface area contributed by atoms with Gasteiger partial charge in [-0.1, -0.05) is 6.07 Å². The van der Waals surface area contributed by atoms with Gasteiger partial charge in [0, 0.05) is 48.8 Å². The third kappa shape index (κ3) is 3.18. The minimum absolute atomic E-state index is 0.156. The molecule has 1 fully saturated rings. The first kappa shape index (κ1) is 15.9. The SMILES string of the molecule is Cc1nccn1CC[C@@H]1CCCCN1C(=O)c1ccc2cc[nH]c2c1. The van der Waals surface area contributed by atoms with Crippen molar-refractivity contribution in [1.82, 2.24) is 19.4 Å². The van der Waals surface area contributed by atoms with Gasteiger partial charge in [0.1, 0.15) is 5.82 Å². The van der Waals surface area contributed by atoms with Gasteiger partial charge in [-0.25, -0.2) is 4.98 Å². The van der Waals surface area contributed by atoms with E-state index in [4.69, 9.17) is 0 Å². The van der Waals surface area contributed by atoms with E-state index < -0.39 is 0 Å². The Kier molecular flexibility index (Phi) is 4.30. The maximum absolute atomic E-state index is 13.1. The van der Waals surface area contributed by atoms with Crippen LogP contribution in [0.25, 0.3) is 10.9 Å². The van der Waals surface area contributed by atoms with Crippen molar-refractivity contribution >= 4 is 16.8 Å². The first-order chi connectivity index (χ1) is 12.2. The summed E-state index contributed by atoms with van der Waals surface area (Å²) in [6.07, 6.45) is 10.1. The number of imidazole rings is 1. The van der Waals surface area contributed by atoms with Gasteiger partial charge in [-0.15, -0.1) is 0 Å². The highest BCUT2D eigenvalue weighted by molar-refractivity contribution is 5.98. The molecule has 0 saturated carbocycles. The summed E-state index contributed by atoms with van der Waals surface area (Å²) < 4.78 is 2.17. The summed E-state index contributed by atoms with van der Waals surface area (Å²) in [5, 5.41) is 1.14. The van der Waals surface area contributed by atoms with E-state index in [2.05, 4.69) is 19.4 Å². The number of benzene rings is 1. The summed E-state index contributed by atoms with van der Waals surface area (Å²) in [6, 6.07) is 8.28. The van der Waals surface area contributed by atoms with Gasteiger partial charge in [0.05, 0.1) is 0 Å². The average molecular weight is 336 g/mol. The van der Waals surface area contributed by atoms with Gasteiger partial charge in [-0.3, -0.25) is 4.79 Å². The lowest BCUT2D eigenvalue weighted by molar-refractivity contribution is 0.0595. The van der Waals surface area contributed by atoms with E-state index >= 15 is 0 Å². The summed E-state index contributed by atoms with van der Waals surface area (Å²) >= 11 is 0. The second-order valence-corrected chi connectivity index (χ2v) is 6.88. The fraction of sp³-hybridized carbons (Fsp3) is 0.400. The molecular weight excluding hydrogens is 312 g/mol. The number of fused-ring (bicyclic) bond motifs is 1. The highest BCUT2D eigenvalue weighted by Gasteiger charge is 2.27. The molecule has 0 radical (unpaired) electrons. The quantitative estimate of drug-likeness (QED) is 0.789. The third-order valence-corrected chi connectivity index (χ3v) is 5.32. The molecule has 25 heavy (non-hydrogen) atoms. The van der Waals surface area contributed by atoms with Gasteiger partial charge >= 0.3 is 0 Å². The maximum atomic E-state index is 13.1. The predicted octanol–water partition coefficient (Wildman–Crippen LogP) is 3.76. The number of aryl methyl sites for hydroxylation is 2. The van der Waals surface area contributed by atoms with E-state index in [-0.39, 0.29) is 5.91 Å². The number of likely N-dealkylation sites (tertiary alicyclic amines) is 1. The second-order valence-electron chi connectivity index (χ2n) is 6.88. The van der Waals surface area contributed by atoms with Crippen LogP contribution < -0.4 is 0 Å². The molecule has 1 aliphatic rings. The number of aromatic amines is 1. The van der Waals surface area contributed by atoms with Crippen LogP contribution >= 0.6 is 0 Å². The smallest absolute Gasteiger partial charge is 0.254 e. The molecule has 1 atom stereocenters. The number of nitrogens with one attached hydrogen (secondary N) is 1. The van der Waals surface area contributed by atoms with Crippen LogP contribution in [-0.2, 0) is 6.54 Å². The zero-order chi connectivity index (χ0) is 17.2. The Hall–Kier alpha value is -2.56. The van der Waals surface area contributed by atoms with Crippen molar-refractivity contribution in [3.8, 4) is 0 Å². The zero-order valence-electron chi connectivity index (χ0n) is 14.6. The van der Waals surface area contributed by atoms with Crippen LogP contribution in [0.15, 0.2) is 42.9 Å². The highest BCUT2D eigenvalue weighted by atomic mass is 16.2. The number of aromatic nitrogens is 3. The minimum Gasteiger partial charge on any atom is -0.361 e. The van der Waals surface area contributed by atoms with Crippen molar-refractivity contribution in [3.05, 3.63) is 54.2 Å². The number of carbonyl (C=O) groups is 1. The molecule has 1 saturated heterocycles. The molecule has 1 N–H and O–H groups in total. The Morgan fingerprint density at radius 2 is 2.24 bits per heavy atom. The van der Waals surface area contributed by atoms with Gasteiger partial charge in [-0.2, -0.15) is 0 Å². The van der Waals surface area contributed by atoms with E-state index in [1.165, 1.54) is 6.42 Å². The Morgan fingerprint density at radius 3 is 3.08 bits per heavy atom. The molecule has 4 rings (SSSR count). The largest absolute Gasteiger partial charge is 0.361 e. The number of hydrogen-bond acceptors (Lipinski definition) is 2. The Morgan fingerprint density at radius 1 is 1.32 bits per heavy atom. The van der Waals surface area contributed by atoms with Crippen LogP contribution in [0.1, 0.15) is 41.9 Å². The Bertz CT molecular complexity index is 879. The van der Waals surface area contributed by atoms with Gasteiger partial charge < -0.3 is 14.5 Å². The molecule has 0 spiro atoms. The number of hydrogen-bond donors (Lipinski definition) is 1. The van der Waals surface area contributed by atoms with Crippen LogP contribution in [0.4, 0.5) is 0 Å². The van der Waals surface area contributed by atoms with Crippen molar-refractivity contribution < 1.29 is 4.79 Å². The monoisotopic (exact) mass is 336 g/mol. The van der Waals surface area contributed by atoms with Gasteiger partial charge in [0.15, 0.2) is 0 Å². The fourth-order valence-electron chi connectivity index (χ4n) is 3.84. The molecule has 5 nitrogen and oxygen atoms in total. The van der Waals surface area contributed by atoms with Gasteiger partial charge in [0.2, 0.25) is 0 Å². The fourth-order valence-corrected chi connectivity index (χ4v) is 3.84. The number of H-pyrrole nitrogens is 1. The summed E-state index contributed by atoms with van der Waals surface area (Å²) in [5.74, 6) is 1.19. The second kappa shape index (κ2) is 6.75. The minimum atomic E-state index is 0.156. The molecule has 3 heterocycles. The molecule has 5 heteroatoms. The molecule has 1 aromatic carbocycles. The van der Waals surface area contributed by atoms with Crippen LogP contribution in [-0.4, -0.2) is 37.9 Å². The van der Waals surface area contributed by atoms with E-state index in [9.17, 15) is 4.79 Å². The molecule has 0 bridgehead atoms. The number of nitrogens with zero attached hydrogens (tertiary/aromatic N) is 3. The normalized spacial score (nSPS) is 18.0. The van der Waals surface area contributed by atoms with E-state index in [1.807, 2.05) is 49.8 Å². The third-order valence-electron chi connectivity index (χ3n) is 5.32. The number of piperidine rings is 1. The maximum Gasteiger partial charge on any atom is 0.254 e. The van der Waals surface area contributed by atoms with Crippen molar-refractivity contribution in [1.29, 1.82) is 0 Å². The lowest BCUT2D eigenvalue weighted by Crippen LogP contribution is -2.44. The summed E-state index contributed by atoms with van der Waals surface area (Å²) in [6.45, 7) is 3.79. The summed E-state index contributed by atoms with van der Waals surface area (Å²) in [5.41, 5.74) is 1.80. The zero-order valence-corrected chi connectivity index (χ0v) is 14.6. The molecular formula is C20H24N4O. The lowest BCUT2D eigenvalue weighted by atomic mass is 9.98. The van der Waals surface area contributed by atoms with E-state index in [1.54, 1.807) is 0 Å². The molecule has 130 valence electrons. The molecule has 0 unspecified atom stereocenters. The first-order valence-electron chi connectivity index (χ1n) is 9.08. The Balaban J connectivity index is 1.51. The van der Waals surface area contributed by atoms with E-state index in [0.717, 1.165) is 54.6 Å².